The molecule has 1 unspecified atom stereocenters. The van der Waals surface area contributed by atoms with Gasteiger partial charge in [0.25, 0.3) is 0 Å². The zero-order valence-electron chi connectivity index (χ0n) is 11.9. The third kappa shape index (κ3) is 6.91. The van der Waals surface area contributed by atoms with Crippen LogP contribution in [0.15, 0.2) is 24.3 Å². The molecule has 0 saturated heterocycles. The number of carbonyl (C=O) groups is 1. The van der Waals surface area contributed by atoms with Gasteiger partial charge in [-0.1, -0.05) is 26.0 Å². The summed E-state index contributed by atoms with van der Waals surface area (Å²) in [7, 11) is 0. The summed E-state index contributed by atoms with van der Waals surface area (Å²) in [5.41, 5.74) is 0.991. The van der Waals surface area contributed by atoms with E-state index in [0.717, 1.165) is 12.0 Å². The van der Waals surface area contributed by atoms with Crippen molar-refractivity contribution in [2.75, 3.05) is 12.4 Å². The zero-order chi connectivity index (χ0) is 15.0. The summed E-state index contributed by atoms with van der Waals surface area (Å²) < 4.78 is 12.7. The fourth-order valence-electron chi connectivity index (χ4n) is 1.86. The largest absolute Gasteiger partial charge is 0.394 e. The van der Waals surface area contributed by atoms with E-state index in [-0.39, 0.29) is 24.4 Å². The van der Waals surface area contributed by atoms with Crippen molar-refractivity contribution in [2.24, 2.45) is 5.92 Å². The summed E-state index contributed by atoms with van der Waals surface area (Å²) in [6.07, 6.45) is 0.769. The molecule has 0 aliphatic carbocycles. The lowest BCUT2D eigenvalue weighted by atomic mass is 10.0. The summed E-state index contributed by atoms with van der Waals surface area (Å²) >= 11 is 1.48. The van der Waals surface area contributed by atoms with Gasteiger partial charge in [0, 0.05) is 5.75 Å². The van der Waals surface area contributed by atoms with Crippen molar-refractivity contribution in [1.82, 2.24) is 5.32 Å². The van der Waals surface area contributed by atoms with E-state index in [1.54, 1.807) is 12.1 Å². The van der Waals surface area contributed by atoms with Gasteiger partial charge >= 0.3 is 0 Å². The Morgan fingerprint density at radius 3 is 2.55 bits per heavy atom. The van der Waals surface area contributed by atoms with Crippen LogP contribution in [0.4, 0.5) is 4.39 Å². The maximum absolute atomic E-state index is 12.7. The van der Waals surface area contributed by atoms with E-state index in [2.05, 4.69) is 19.2 Å². The molecule has 0 radical (unpaired) electrons. The number of nitrogens with one attached hydrogen (secondary N) is 1. The third-order valence-corrected chi connectivity index (χ3v) is 3.76. The van der Waals surface area contributed by atoms with Crippen molar-refractivity contribution in [3.05, 3.63) is 35.6 Å². The van der Waals surface area contributed by atoms with Gasteiger partial charge in [-0.05, 0) is 30.0 Å². The predicted octanol–water partition coefficient (Wildman–Crippen LogP) is 2.58. The quantitative estimate of drug-likeness (QED) is 0.775. The number of benzene rings is 1. The van der Waals surface area contributed by atoms with Gasteiger partial charge in [-0.25, -0.2) is 4.39 Å². The maximum atomic E-state index is 12.7. The fourth-order valence-corrected chi connectivity index (χ4v) is 2.66. The minimum Gasteiger partial charge on any atom is -0.394 e. The normalized spacial score (nSPS) is 12.4. The van der Waals surface area contributed by atoms with Gasteiger partial charge < -0.3 is 10.4 Å². The zero-order valence-corrected chi connectivity index (χ0v) is 12.8. The predicted molar refractivity (Wildman–Crippen MR) is 81.0 cm³/mol. The van der Waals surface area contributed by atoms with Crippen LogP contribution < -0.4 is 5.32 Å². The molecule has 0 bridgehead atoms. The van der Waals surface area contributed by atoms with Gasteiger partial charge in [0.1, 0.15) is 5.82 Å². The molecule has 1 rings (SSSR count). The molecule has 0 spiro atoms. The highest BCUT2D eigenvalue weighted by molar-refractivity contribution is 7.99. The minimum absolute atomic E-state index is 0.0352. The molecule has 0 heterocycles. The summed E-state index contributed by atoms with van der Waals surface area (Å²) in [6.45, 7) is 4.07. The van der Waals surface area contributed by atoms with E-state index < -0.39 is 0 Å². The van der Waals surface area contributed by atoms with Crippen LogP contribution in [-0.4, -0.2) is 29.4 Å². The highest BCUT2D eigenvalue weighted by Crippen LogP contribution is 2.13. The van der Waals surface area contributed by atoms with Gasteiger partial charge in [0.05, 0.1) is 18.4 Å². The van der Waals surface area contributed by atoms with Gasteiger partial charge in [-0.15, -0.1) is 11.8 Å². The van der Waals surface area contributed by atoms with Gasteiger partial charge in [-0.2, -0.15) is 0 Å². The number of aliphatic hydroxyl groups is 1. The van der Waals surface area contributed by atoms with Crippen LogP contribution in [0.3, 0.4) is 0 Å². The highest BCUT2D eigenvalue weighted by atomic mass is 32.2. The highest BCUT2D eigenvalue weighted by Gasteiger charge is 2.12. The summed E-state index contributed by atoms with van der Waals surface area (Å²) in [4.78, 5) is 11.7. The monoisotopic (exact) mass is 299 g/mol. The van der Waals surface area contributed by atoms with Gasteiger partial charge in [-0.3, -0.25) is 4.79 Å². The third-order valence-electron chi connectivity index (χ3n) is 2.76. The second-order valence-electron chi connectivity index (χ2n) is 5.20. The van der Waals surface area contributed by atoms with Crippen LogP contribution in [-0.2, 0) is 10.5 Å². The van der Waals surface area contributed by atoms with Crippen molar-refractivity contribution < 1.29 is 14.3 Å². The first-order valence-corrected chi connectivity index (χ1v) is 7.89. The Hall–Kier alpha value is -1.07. The molecular weight excluding hydrogens is 277 g/mol. The number of amides is 1. The standard InChI is InChI=1S/C15H22FNO2S/c1-11(2)7-14(8-18)17-15(19)10-20-9-12-3-5-13(16)6-4-12/h3-6,11,14,18H,7-10H2,1-2H3,(H,17,19). The van der Waals surface area contributed by atoms with Crippen LogP contribution >= 0.6 is 11.8 Å². The molecule has 0 saturated carbocycles. The van der Waals surface area contributed by atoms with Crippen molar-refractivity contribution in [1.29, 1.82) is 0 Å². The molecular formula is C15H22FNO2S. The van der Waals surface area contributed by atoms with Crippen LogP contribution in [0.1, 0.15) is 25.8 Å². The van der Waals surface area contributed by atoms with Crippen LogP contribution in [0.2, 0.25) is 0 Å². The number of thioether (sulfide) groups is 1. The lowest BCUT2D eigenvalue weighted by Crippen LogP contribution is -2.39. The molecule has 1 amide bonds. The Balaban J connectivity index is 2.27. The molecule has 112 valence electrons. The molecule has 0 fully saturated rings. The second-order valence-corrected chi connectivity index (χ2v) is 6.18. The Morgan fingerprint density at radius 2 is 2.00 bits per heavy atom. The molecule has 0 aliphatic heterocycles. The van der Waals surface area contributed by atoms with Crippen molar-refractivity contribution in [2.45, 2.75) is 32.1 Å². The Morgan fingerprint density at radius 1 is 1.35 bits per heavy atom. The second kappa shape index (κ2) is 8.97. The van der Waals surface area contributed by atoms with E-state index in [0.29, 0.717) is 17.4 Å². The molecule has 2 N–H and O–H groups in total. The molecule has 5 heteroatoms. The summed E-state index contributed by atoms with van der Waals surface area (Å²) in [6, 6.07) is 6.10. The van der Waals surface area contributed by atoms with Crippen molar-refractivity contribution in [3.8, 4) is 0 Å². The smallest absolute Gasteiger partial charge is 0.230 e. The van der Waals surface area contributed by atoms with E-state index in [1.165, 1.54) is 23.9 Å². The lowest BCUT2D eigenvalue weighted by molar-refractivity contribution is -0.119. The SMILES string of the molecule is CC(C)CC(CO)NC(=O)CSCc1ccc(F)cc1. The first kappa shape index (κ1) is 17.0. The molecule has 3 nitrogen and oxygen atoms in total. The van der Waals surface area contributed by atoms with Crippen molar-refractivity contribution >= 4 is 17.7 Å². The Labute approximate surface area is 124 Å². The minimum atomic E-state index is -0.254. The number of hydrogen-bond acceptors (Lipinski definition) is 3. The topological polar surface area (TPSA) is 49.3 Å². The number of carbonyl (C=O) groups excluding carboxylic acids is 1. The van der Waals surface area contributed by atoms with Crippen LogP contribution in [0.25, 0.3) is 0 Å². The van der Waals surface area contributed by atoms with Gasteiger partial charge in [0.15, 0.2) is 0 Å². The first-order valence-electron chi connectivity index (χ1n) is 6.73. The van der Waals surface area contributed by atoms with Gasteiger partial charge in [0.2, 0.25) is 5.91 Å². The number of halogens is 1. The average molecular weight is 299 g/mol. The Kier molecular flexibility index (Phi) is 7.62. The molecule has 0 aromatic heterocycles. The molecule has 1 atom stereocenters. The van der Waals surface area contributed by atoms with E-state index in [1.807, 2.05) is 0 Å². The number of rotatable bonds is 8. The maximum Gasteiger partial charge on any atom is 0.230 e. The van der Waals surface area contributed by atoms with E-state index in [9.17, 15) is 14.3 Å². The van der Waals surface area contributed by atoms with Crippen LogP contribution in [0, 0.1) is 11.7 Å². The van der Waals surface area contributed by atoms with E-state index >= 15 is 0 Å². The number of hydrogen-bond donors (Lipinski definition) is 2. The summed E-state index contributed by atoms with van der Waals surface area (Å²) in [5.74, 6) is 1.11. The summed E-state index contributed by atoms with van der Waals surface area (Å²) in [5, 5.41) is 12.0. The molecule has 0 aliphatic rings. The lowest BCUT2D eigenvalue weighted by Gasteiger charge is -2.18. The molecule has 1 aromatic rings. The molecule has 20 heavy (non-hydrogen) atoms. The molecule has 1 aromatic carbocycles. The fraction of sp³-hybridized carbons (Fsp3) is 0.533. The van der Waals surface area contributed by atoms with E-state index in [4.69, 9.17) is 0 Å². The Bertz CT molecular complexity index is 409. The first-order chi connectivity index (χ1) is 9.51. The number of aliphatic hydroxyl groups excluding tert-OH is 1. The van der Waals surface area contributed by atoms with Crippen molar-refractivity contribution in [3.63, 3.8) is 0 Å². The average Bonchev–Trinajstić information content (AvgIpc) is 2.39. The van der Waals surface area contributed by atoms with Crippen LogP contribution in [0.5, 0.6) is 0 Å².